The van der Waals surface area contributed by atoms with Gasteiger partial charge < -0.3 is 9.94 Å². The number of rotatable bonds is 3. The Kier molecular flexibility index (Phi) is 3.50. The predicted molar refractivity (Wildman–Crippen MR) is 48.0 cm³/mol. The van der Waals surface area contributed by atoms with E-state index in [0.29, 0.717) is 0 Å². The maximum atomic E-state index is 9.42. The number of aliphatic hydroxyl groups is 1. The molecule has 1 aliphatic rings. The van der Waals surface area contributed by atoms with Gasteiger partial charge in [0.25, 0.3) is 0 Å². The van der Waals surface area contributed by atoms with Crippen LogP contribution in [-0.4, -0.2) is 42.4 Å². The minimum absolute atomic E-state index is 0.0149. The van der Waals surface area contributed by atoms with Gasteiger partial charge in [0, 0.05) is 6.42 Å². The highest BCUT2D eigenvalue weighted by Gasteiger charge is 2.33. The maximum absolute atomic E-state index is 9.42. The van der Waals surface area contributed by atoms with Gasteiger partial charge in [0.05, 0.1) is 19.3 Å². The molecule has 2 unspecified atom stereocenters. The summed E-state index contributed by atoms with van der Waals surface area (Å²) in [6.45, 7) is 1.74. The fraction of sp³-hybridized carbons (Fsp3) is 0.875. The largest absolute Gasteiger partial charge is 0.398 e. The van der Waals surface area contributed by atoms with Crippen molar-refractivity contribution in [3.05, 3.63) is 0 Å². The molecule has 1 heterocycles. The van der Waals surface area contributed by atoms with Crippen LogP contribution in [0.5, 0.6) is 0 Å². The number of hydrogen-bond acceptors (Lipinski definition) is 4. The molecule has 0 bridgehead atoms. The topological polar surface area (TPSA) is 54.3 Å². The summed E-state index contributed by atoms with van der Waals surface area (Å²) in [5.74, 6) is 0.732. The van der Waals surface area contributed by atoms with E-state index in [1.165, 1.54) is 7.11 Å². The molecule has 1 rings (SSSR count). The molecular weight excluding hydrogens is 172 g/mol. The fourth-order valence-electron chi connectivity index (χ4n) is 1.57. The number of amidine groups is 1. The summed E-state index contributed by atoms with van der Waals surface area (Å²) in [6.07, 6.45) is 1.19. The number of aliphatic hydroxyl groups excluding tert-OH is 1. The lowest BCUT2D eigenvalue weighted by Gasteiger charge is -2.25. The van der Waals surface area contributed by atoms with Crippen molar-refractivity contribution >= 4 is 5.84 Å². The second-order valence-electron chi connectivity index (χ2n) is 3.05. The molecule has 1 fully saturated rings. The molecule has 1 aliphatic heterocycles. The maximum Gasteiger partial charge on any atom is 0.168 e. The molecule has 5 nitrogen and oxygen atoms in total. The fourth-order valence-corrected chi connectivity index (χ4v) is 1.57. The molecule has 0 aromatic rings. The quantitative estimate of drug-likeness (QED) is 0.649. The number of hydroxylamine groups is 2. The van der Waals surface area contributed by atoms with Crippen molar-refractivity contribution in [3.8, 4) is 0 Å². The van der Waals surface area contributed by atoms with Crippen LogP contribution in [0, 0.1) is 0 Å². The summed E-state index contributed by atoms with van der Waals surface area (Å²) >= 11 is 0. The van der Waals surface area contributed by atoms with E-state index in [0.717, 1.165) is 18.7 Å². The van der Waals surface area contributed by atoms with E-state index in [4.69, 9.17) is 4.84 Å². The van der Waals surface area contributed by atoms with Crippen molar-refractivity contribution in [1.82, 2.24) is 5.06 Å². The van der Waals surface area contributed by atoms with E-state index in [1.54, 1.807) is 19.1 Å². The molecule has 0 radical (unpaired) electrons. The first kappa shape index (κ1) is 10.3. The van der Waals surface area contributed by atoms with E-state index in [2.05, 4.69) is 9.99 Å². The second-order valence-corrected chi connectivity index (χ2v) is 3.05. The molecular formula is C8H16N2O3. The highest BCUT2D eigenvalue weighted by molar-refractivity contribution is 5.83. The van der Waals surface area contributed by atoms with Crippen LogP contribution >= 0.6 is 0 Å². The van der Waals surface area contributed by atoms with Gasteiger partial charge in [0.2, 0.25) is 0 Å². The standard InChI is InChI=1S/C8H16N2O3/c1-6(11)7-4-5-8(9-12-2)10(7)13-3/h6-7,11H,4-5H2,1-3H3/b9-8-. The lowest BCUT2D eigenvalue weighted by molar-refractivity contribution is -0.115. The average Bonchev–Trinajstić information content (AvgIpc) is 2.48. The molecule has 0 amide bonds. The number of hydrogen-bond donors (Lipinski definition) is 1. The normalized spacial score (nSPS) is 28.2. The van der Waals surface area contributed by atoms with Crippen LogP contribution < -0.4 is 0 Å². The SMILES string of the molecule is CO/N=C1/CCC(C(C)O)N1OC. The van der Waals surface area contributed by atoms with Crippen LogP contribution in [-0.2, 0) is 9.68 Å². The Hall–Kier alpha value is -0.810. The van der Waals surface area contributed by atoms with Crippen LogP contribution in [0.3, 0.4) is 0 Å². The Morgan fingerprint density at radius 3 is 2.77 bits per heavy atom. The van der Waals surface area contributed by atoms with Gasteiger partial charge in [0.1, 0.15) is 7.11 Å². The Bertz CT molecular complexity index is 194. The summed E-state index contributed by atoms with van der Waals surface area (Å²) in [5, 5.41) is 14.8. The van der Waals surface area contributed by atoms with E-state index in [1.807, 2.05) is 0 Å². The van der Waals surface area contributed by atoms with Crippen molar-refractivity contribution in [2.24, 2.45) is 5.16 Å². The smallest absolute Gasteiger partial charge is 0.168 e. The van der Waals surface area contributed by atoms with E-state index >= 15 is 0 Å². The molecule has 0 aliphatic carbocycles. The minimum Gasteiger partial charge on any atom is -0.398 e. The summed E-state index contributed by atoms with van der Waals surface area (Å²) in [7, 11) is 3.06. The first-order chi connectivity index (χ1) is 6.20. The first-order valence-electron chi connectivity index (χ1n) is 4.32. The van der Waals surface area contributed by atoms with Gasteiger partial charge in [0.15, 0.2) is 5.84 Å². The van der Waals surface area contributed by atoms with Crippen molar-refractivity contribution in [2.75, 3.05) is 14.2 Å². The molecule has 5 heteroatoms. The average molecular weight is 188 g/mol. The Balaban J connectivity index is 2.68. The first-order valence-corrected chi connectivity index (χ1v) is 4.32. The van der Waals surface area contributed by atoms with Gasteiger partial charge in [-0.2, -0.15) is 0 Å². The van der Waals surface area contributed by atoms with Crippen LogP contribution in [0.15, 0.2) is 5.16 Å². The third-order valence-corrected chi connectivity index (χ3v) is 2.17. The monoisotopic (exact) mass is 188 g/mol. The van der Waals surface area contributed by atoms with Crippen LogP contribution in [0.1, 0.15) is 19.8 Å². The lowest BCUT2D eigenvalue weighted by atomic mass is 10.1. The minimum atomic E-state index is -0.426. The van der Waals surface area contributed by atoms with Crippen molar-refractivity contribution in [2.45, 2.75) is 31.9 Å². The zero-order chi connectivity index (χ0) is 9.84. The molecule has 13 heavy (non-hydrogen) atoms. The van der Waals surface area contributed by atoms with E-state index < -0.39 is 6.10 Å². The van der Waals surface area contributed by atoms with E-state index in [9.17, 15) is 5.11 Å². The number of oxime groups is 1. The molecule has 2 atom stereocenters. The molecule has 0 spiro atoms. The van der Waals surface area contributed by atoms with Crippen LogP contribution in [0.4, 0.5) is 0 Å². The zero-order valence-corrected chi connectivity index (χ0v) is 8.23. The summed E-state index contributed by atoms with van der Waals surface area (Å²) in [4.78, 5) is 9.78. The molecule has 76 valence electrons. The van der Waals surface area contributed by atoms with Gasteiger partial charge in [-0.3, -0.25) is 4.84 Å². The van der Waals surface area contributed by atoms with E-state index in [-0.39, 0.29) is 6.04 Å². The highest BCUT2D eigenvalue weighted by atomic mass is 16.7. The van der Waals surface area contributed by atoms with Gasteiger partial charge in [-0.25, -0.2) is 5.06 Å². The van der Waals surface area contributed by atoms with Crippen molar-refractivity contribution in [1.29, 1.82) is 0 Å². The Morgan fingerprint density at radius 2 is 2.31 bits per heavy atom. The highest BCUT2D eigenvalue weighted by Crippen LogP contribution is 2.22. The molecule has 1 saturated heterocycles. The predicted octanol–water partition coefficient (Wildman–Crippen LogP) is 0.353. The Labute approximate surface area is 77.9 Å². The summed E-state index contributed by atoms with van der Waals surface area (Å²) < 4.78 is 0. The lowest BCUT2D eigenvalue weighted by Crippen LogP contribution is -2.39. The summed E-state index contributed by atoms with van der Waals surface area (Å²) in [5.41, 5.74) is 0. The third-order valence-electron chi connectivity index (χ3n) is 2.17. The second kappa shape index (κ2) is 4.43. The Morgan fingerprint density at radius 1 is 1.62 bits per heavy atom. The van der Waals surface area contributed by atoms with Crippen LogP contribution in [0.2, 0.25) is 0 Å². The zero-order valence-electron chi connectivity index (χ0n) is 8.23. The summed E-state index contributed by atoms with van der Waals surface area (Å²) in [6, 6.07) is -0.0149. The van der Waals surface area contributed by atoms with Gasteiger partial charge in [-0.05, 0) is 13.3 Å². The van der Waals surface area contributed by atoms with Gasteiger partial charge >= 0.3 is 0 Å². The van der Waals surface area contributed by atoms with Crippen molar-refractivity contribution in [3.63, 3.8) is 0 Å². The molecule has 0 aromatic heterocycles. The van der Waals surface area contributed by atoms with Gasteiger partial charge in [-0.1, -0.05) is 5.16 Å². The molecule has 0 saturated carbocycles. The van der Waals surface area contributed by atoms with Gasteiger partial charge in [-0.15, -0.1) is 0 Å². The third kappa shape index (κ3) is 2.10. The molecule has 1 N–H and O–H groups in total. The van der Waals surface area contributed by atoms with Crippen molar-refractivity contribution < 1.29 is 14.8 Å². The molecule has 0 aromatic carbocycles. The van der Waals surface area contributed by atoms with Crippen LogP contribution in [0.25, 0.3) is 0 Å². The number of nitrogens with zero attached hydrogens (tertiary/aromatic N) is 2.